The minimum atomic E-state index is -0.918. The van der Waals surface area contributed by atoms with Crippen molar-refractivity contribution in [1.82, 2.24) is 39.9 Å². The SMILES string of the molecule is O=C(Cc1ccc2c(c1)CN=C2)C1c2nnc(-c3ccccc3)n2CCN1C(=O)/C=C/c1cc(Cl)ccc1-n1cnnn1. The Bertz CT molecular complexity index is 1900. The van der Waals surface area contributed by atoms with E-state index in [4.69, 9.17) is 11.6 Å². The molecule has 7 rings (SSSR count). The molecule has 0 fully saturated rings. The second kappa shape index (κ2) is 11.2. The fraction of sp³-hybridized carbons (Fsp3) is 0.161. The molecule has 43 heavy (non-hydrogen) atoms. The molecule has 0 saturated carbocycles. The maximum absolute atomic E-state index is 14.0. The fourth-order valence-corrected chi connectivity index (χ4v) is 5.72. The Labute approximate surface area is 251 Å². The van der Waals surface area contributed by atoms with Crippen molar-refractivity contribution in [2.75, 3.05) is 6.54 Å². The van der Waals surface area contributed by atoms with E-state index in [1.165, 1.54) is 17.1 Å². The zero-order valence-corrected chi connectivity index (χ0v) is 23.5. The van der Waals surface area contributed by atoms with E-state index in [2.05, 4.69) is 30.7 Å². The number of hydrogen-bond acceptors (Lipinski definition) is 8. The van der Waals surface area contributed by atoms with E-state index in [0.29, 0.717) is 47.6 Å². The minimum Gasteiger partial charge on any atom is -0.320 e. The van der Waals surface area contributed by atoms with E-state index in [9.17, 15) is 9.59 Å². The molecule has 0 bridgehead atoms. The van der Waals surface area contributed by atoms with Crippen molar-refractivity contribution in [3.05, 3.63) is 112 Å². The van der Waals surface area contributed by atoms with Crippen LogP contribution in [0.4, 0.5) is 0 Å². The first-order chi connectivity index (χ1) is 21.0. The lowest BCUT2D eigenvalue weighted by molar-refractivity contribution is -0.137. The third-order valence-corrected chi connectivity index (χ3v) is 7.82. The molecule has 3 aromatic carbocycles. The van der Waals surface area contributed by atoms with Crippen molar-refractivity contribution in [1.29, 1.82) is 0 Å². The highest BCUT2D eigenvalue weighted by atomic mass is 35.5. The smallest absolute Gasteiger partial charge is 0.247 e. The summed E-state index contributed by atoms with van der Waals surface area (Å²) in [5.74, 6) is 0.624. The number of rotatable bonds is 7. The van der Waals surface area contributed by atoms with Crippen molar-refractivity contribution < 1.29 is 9.59 Å². The van der Waals surface area contributed by atoms with Crippen LogP contribution >= 0.6 is 11.6 Å². The van der Waals surface area contributed by atoms with Crippen LogP contribution in [-0.4, -0.2) is 64.3 Å². The van der Waals surface area contributed by atoms with Crippen molar-refractivity contribution in [2.24, 2.45) is 4.99 Å². The number of carbonyl (C=O) groups excluding carboxylic acids is 2. The highest BCUT2D eigenvalue weighted by Crippen LogP contribution is 2.31. The molecule has 4 heterocycles. The van der Waals surface area contributed by atoms with E-state index in [1.54, 1.807) is 29.2 Å². The van der Waals surface area contributed by atoms with Gasteiger partial charge in [-0.25, -0.2) is 0 Å². The average molecular weight is 590 g/mol. The quantitative estimate of drug-likeness (QED) is 0.264. The predicted molar refractivity (Wildman–Crippen MR) is 160 cm³/mol. The van der Waals surface area contributed by atoms with Crippen LogP contribution in [0.15, 0.2) is 84.1 Å². The van der Waals surface area contributed by atoms with Gasteiger partial charge in [0.15, 0.2) is 23.5 Å². The van der Waals surface area contributed by atoms with Gasteiger partial charge in [-0.15, -0.1) is 15.3 Å². The van der Waals surface area contributed by atoms with Crippen molar-refractivity contribution in [3.63, 3.8) is 0 Å². The summed E-state index contributed by atoms with van der Waals surface area (Å²) in [4.78, 5) is 33.7. The molecular formula is C31H24ClN9O2. The Balaban J connectivity index is 1.22. The Hall–Kier alpha value is -5.29. The lowest BCUT2D eigenvalue weighted by Gasteiger charge is -2.34. The van der Waals surface area contributed by atoms with Gasteiger partial charge < -0.3 is 9.47 Å². The number of amides is 1. The Morgan fingerprint density at radius 1 is 1.00 bits per heavy atom. The minimum absolute atomic E-state index is 0.136. The van der Waals surface area contributed by atoms with Crippen LogP contribution in [-0.2, 0) is 29.1 Å². The summed E-state index contributed by atoms with van der Waals surface area (Å²) in [6.07, 6.45) is 6.53. The number of carbonyl (C=O) groups is 2. The van der Waals surface area contributed by atoms with Gasteiger partial charge in [0.25, 0.3) is 0 Å². The van der Waals surface area contributed by atoms with Gasteiger partial charge >= 0.3 is 0 Å². The number of aromatic nitrogens is 7. The number of benzene rings is 3. The molecule has 0 aliphatic carbocycles. The third-order valence-electron chi connectivity index (χ3n) is 7.59. The van der Waals surface area contributed by atoms with Gasteiger partial charge in [-0.1, -0.05) is 60.1 Å². The monoisotopic (exact) mass is 589 g/mol. The van der Waals surface area contributed by atoms with Crippen LogP contribution in [0, 0.1) is 0 Å². The number of aliphatic imine (C=N–C) groups is 1. The Morgan fingerprint density at radius 2 is 1.88 bits per heavy atom. The number of ketones is 1. The molecule has 11 nitrogen and oxygen atoms in total. The molecule has 212 valence electrons. The largest absolute Gasteiger partial charge is 0.320 e. The molecule has 0 N–H and O–H groups in total. The first kappa shape index (κ1) is 26.6. The van der Waals surface area contributed by atoms with Crippen LogP contribution in [0.1, 0.15) is 34.1 Å². The number of Topliss-reactive ketones (excluding diaryl/α,β-unsaturated/α-hetero) is 1. The van der Waals surface area contributed by atoms with E-state index >= 15 is 0 Å². The summed E-state index contributed by atoms with van der Waals surface area (Å²) >= 11 is 6.27. The zero-order chi connectivity index (χ0) is 29.3. The van der Waals surface area contributed by atoms with Gasteiger partial charge in [0.1, 0.15) is 6.33 Å². The number of fused-ring (bicyclic) bond motifs is 2. The molecule has 12 heteroatoms. The topological polar surface area (TPSA) is 124 Å². The van der Waals surface area contributed by atoms with Crippen molar-refractivity contribution in [2.45, 2.75) is 25.6 Å². The van der Waals surface area contributed by atoms with Crippen molar-refractivity contribution >= 4 is 35.6 Å². The lowest BCUT2D eigenvalue weighted by Crippen LogP contribution is -2.45. The van der Waals surface area contributed by atoms with E-state index in [0.717, 1.165) is 22.3 Å². The van der Waals surface area contributed by atoms with Gasteiger partial charge in [-0.05, 0) is 51.4 Å². The molecule has 1 atom stereocenters. The molecule has 5 aromatic rings. The molecule has 2 aromatic heterocycles. The van der Waals surface area contributed by atoms with Crippen LogP contribution < -0.4 is 0 Å². The predicted octanol–water partition coefficient (Wildman–Crippen LogP) is 3.92. The first-order valence-corrected chi connectivity index (χ1v) is 14.1. The normalized spacial score (nSPS) is 15.6. The molecule has 2 aliphatic heterocycles. The summed E-state index contributed by atoms with van der Waals surface area (Å²) < 4.78 is 3.43. The van der Waals surface area contributed by atoms with Gasteiger partial charge in [0, 0.05) is 48.0 Å². The fourth-order valence-electron chi connectivity index (χ4n) is 5.54. The van der Waals surface area contributed by atoms with E-state index < -0.39 is 6.04 Å². The molecule has 2 aliphatic rings. The van der Waals surface area contributed by atoms with Gasteiger partial charge in [0.05, 0.1) is 12.2 Å². The van der Waals surface area contributed by atoms with Gasteiger partial charge in [0.2, 0.25) is 5.91 Å². The number of halogens is 1. The number of tetrazole rings is 1. The van der Waals surface area contributed by atoms with Gasteiger partial charge in [-0.2, -0.15) is 4.68 Å². The standard InChI is InChI=1S/C31H24ClN9O2/c32-25-9-10-26(41-19-34-37-38-41)22(16-25)8-11-28(43)39-12-13-40-30(21-4-2-1-3-5-21)35-36-31(40)29(39)27(42)15-20-6-7-23-17-33-18-24(23)14-20/h1-11,14,16-17,19,29H,12-13,15,18H2/b11-8+. The first-order valence-electron chi connectivity index (χ1n) is 13.7. The third kappa shape index (κ3) is 5.15. The zero-order valence-electron chi connectivity index (χ0n) is 22.8. The maximum Gasteiger partial charge on any atom is 0.247 e. The molecule has 1 amide bonds. The highest BCUT2D eigenvalue weighted by molar-refractivity contribution is 6.30. The van der Waals surface area contributed by atoms with E-state index in [1.807, 2.05) is 59.3 Å². The average Bonchev–Trinajstić information content (AvgIpc) is 3.81. The van der Waals surface area contributed by atoms with Gasteiger partial charge in [-0.3, -0.25) is 14.6 Å². The summed E-state index contributed by atoms with van der Waals surface area (Å²) in [5.41, 5.74) is 5.19. The molecule has 1 unspecified atom stereocenters. The molecular weight excluding hydrogens is 566 g/mol. The number of hydrogen-bond donors (Lipinski definition) is 0. The molecule has 0 saturated heterocycles. The number of nitrogens with zero attached hydrogens (tertiary/aromatic N) is 9. The van der Waals surface area contributed by atoms with E-state index in [-0.39, 0.29) is 18.1 Å². The van der Waals surface area contributed by atoms with Crippen molar-refractivity contribution in [3.8, 4) is 17.1 Å². The van der Waals surface area contributed by atoms with Crippen LogP contribution in [0.2, 0.25) is 5.02 Å². The summed E-state index contributed by atoms with van der Waals surface area (Å²) in [5, 5.41) is 20.8. The summed E-state index contributed by atoms with van der Waals surface area (Å²) in [6, 6.07) is 19.9. The highest BCUT2D eigenvalue weighted by Gasteiger charge is 2.38. The summed E-state index contributed by atoms with van der Waals surface area (Å²) in [6.45, 7) is 1.35. The second-order valence-electron chi connectivity index (χ2n) is 10.3. The lowest BCUT2D eigenvalue weighted by atomic mass is 9.97. The second-order valence-corrected chi connectivity index (χ2v) is 10.7. The maximum atomic E-state index is 14.0. The molecule has 0 radical (unpaired) electrons. The van der Waals surface area contributed by atoms with Crippen LogP contribution in [0.25, 0.3) is 23.2 Å². The summed E-state index contributed by atoms with van der Waals surface area (Å²) in [7, 11) is 0. The Kier molecular flexibility index (Phi) is 6.92. The Morgan fingerprint density at radius 3 is 2.72 bits per heavy atom. The van der Waals surface area contributed by atoms with Crippen LogP contribution in [0.3, 0.4) is 0 Å². The van der Waals surface area contributed by atoms with Crippen LogP contribution in [0.5, 0.6) is 0 Å². The molecule has 0 spiro atoms.